The van der Waals surface area contributed by atoms with Gasteiger partial charge in [0.25, 0.3) is 0 Å². The SMILES string of the molecule is CCOC(=O)CCc1cccc([C@@](C)(CCCC(C)(C)CS(=O)(=O)CCO)C(=O)O)c1. The average Bonchev–Trinajstić information content (AvgIpc) is 2.65. The first kappa shape index (κ1) is 27.1. The van der Waals surface area contributed by atoms with Gasteiger partial charge in [0, 0.05) is 6.42 Å². The normalized spacial score (nSPS) is 14.1. The minimum Gasteiger partial charge on any atom is -0.481 e. The van der Waals surface area contributed by atoms with Crippen LogP contribution >= 0.6 is 0 Å². The number of carboxylic acids is 1. The van der Waals surface area contributed by atoms with E-state index in [1.54, 1.807) is 26.0 Å². The number of hydrogen-bond donors (Lipinski definition) is 2. The Morgan fingerprint density at radius 3 is 2.39 bits per heavy atom. The predicted molar refractivity (Wildman–Crippen MR) is 120 cm³/mol. The maximum atomic E-state index is 12.2. The van der Waals surface area contributed by atoms with Crippen LogP contribution in [0.25, 0.3) is 0 Å². The highest BCUT2D eigenvalue weighted by atomic mass is 32.2. The van der Waals surface area contributed by atoms with E-state index in [4.69, 9.17) is 9.84 Å². The topological polar surface area (TPSA) is 118 Å². The summed E-state index contributed by atoms with van der Waals surface area (Å²) in [6, 6.07) is 7.26. The van der Waals surface area contributed by atoms with E-state index < -0.39 is 33.2 Å². The number of hydrogen-bond acceptors (Lipinski definition) is 6. The second-order valence-electron chi connectivity index (χ2n) is 8.98. The Hall–Kier alpha value is -1.93. The molecule has 0 amide bonds. The molecule has 0 heterocycles. The number of benzene rings is 1. The van der Waals surface area contributed by atoms with Crippen LogP contribution in [-0.2, 0) is 36.0 Å². The summed E-state index contributed by atoms with van der Waals surface area (Å²) < 4.78 is 29.0. The van der Waals surface area contributed by atoms with Crippen LogP contribution in [0.3, 0.4) is 0 Å². The molecule has 0 aliphatic heterocycles. The van der Waals surface area contributed by atoms with Gasteiger partial charge in [0.05, 0.1) is 30.1 Å². The lowest BCUT2D eigenvalue weighted by atomic mass is 9.76. The Balaban J connectivity index is 2.87. The Morgan fingerprint density at radius 1 is 1.13 bits per heavy atom. The highest BCUT2D eigenvalue weighted by Gasteiger charge is 2.36. The van der Waals surface area contributed by atoms with Crippen LogP contribution in [0, 0.1) is 5.41 Å². The van der Waals surface area contributed by atoms with Gasteiger partial charge < -0.3 is 14.9 Å². The van der Waals surface area contributed by atoms with E-state index in [1.165, 1.54) is 0 Å². The standard InChI is InChI=1S/C23H36O7S/c1-5-30-20(25)11-10-18-8-6-9-19(16-18)23(4,21(26)27)13-7-12-22(2,3)17-31(28,29)15-14-24/h6,8-9,16,24H,5,7,10-15,17H2,1-4H3,(H,26,27)/t23-/m1/s1. The number of rotatable bonds is 14. The molecule has 0 saturated heterocycles. The largest absolute Gasteiger partial charge is 0.481 e. The molecule has 1 aromatic rings. The lowest BCUT2D eigenvalue weighted by Gasteiger charge is -2.29. The third-order valence-electron chi connectivity index (χ3n) is 5.50. The number of carbonyl (C=O) groups excluding carboxylic acids is 1. The van der Waals surface area contributed by atoms with Crippen LogP contribution in [0.15, 0.2) is 24.3 Å². The molecule has 0 unspecified atom stereocenters. The van der Waals surface area contributed by atoms with Crippen molar-refractivity contribution in [3.63, 3.8) is 0 Å². The molecule has 0 fully saturated rings. The Kier molecular flexibility index (Phi) is 10.2. The lowest BCUT2D eigenvalue weighted by Crippen LogP contribution is -2.33. The molecule has 0 aromatic heterocycles. The van der Waals surface area contributed by atoms with Gasteiger partial charge in [-0.3, -0.25) is 9.59 Å². The van der Waals surface area contributed by atoms with Gasteiger partial charge in [0.15, 0.2) is 9.84 Å². The van der Waals surface area contributed by atoms with Gasteiger partial charge in [-0.15, -0.1) is 0 Å². The molecule has 31 heavy (non-hydrogen) atoms. The maximum Gasteiger partial charge on any atom is 0.313 e. The number of aryl methyl sites for hydroxylation is 1. The molecule has 1 aromatic carbocycles. The maximum absolute atomic E-state index is 12.2. The fraction of sp³-hybridized carbons (Fsp3) is 0.652. The molecule has 8 heteroatoms. The van der Waals surface area contributed by atoms with Crippen molar-refractivity contribution in [3.8, 4) is 0 Å². The molecular weight excluding hydrogens is 420 g/mol. The molecule has 0 bridgehead atoms. The number of aliphatic hydroxyl groups excluding tert-OH is 1. The molecule has 0 saturated carbocycles. The van der Waals surface area contributed by atoms with Gasteiger partial charge in [-0.25, -0.2) is 8.42 Å². The molecule has 176 valence electrons. The average molecular weight is 457 g/mol. The predicted octanol–water partition coefficient (Wildman–Crippen LogP) is 3.13. The minimum atomic E-state index is -3.35. The van der Waals surface area contributed by atoms with Crippen molar-refractivity contribution in [2.75, 3.05) is 24.7 Å². The third kappa shape index (κ3) is 8.99. The van der Waals surface area contributed by atoms with E-state index in [0.717, 1.165) is 5.56 Å². The first-order valence-corrected chi connectivity index (χ1v) is 12.5. The van der Waals surface area contributed by atoms with E-state index in [1.807, 2.05) is 26.0 Å². The van der Waals surface area contributed by atoms with Crippen molar-refractivity contribution < 1.29 is 33.0 Å². The van der Waals surface area contributed by atoms with Gasteiger partial charge >= 0.3 is 11.9 Å². The Morgan fingerprint density at radius 2 is 1.81 bits per heavy atom. The van der Waals surface area contributed by atoms with E-state index in [0.29, 0.717) is 37.9 Å². The summed E-state index contributed by atoms with van der Waals surface area (Å²) in [7, 11) is -3.35. The van der Waals surface area contributed by atoms with E-state index in [9.17, 15) is 23.1 Å². The number of sulfone groups is 1. The Bertz CT molecular complexity index is 845. The van der Waals surface area contributed by atoms with E-state index in [-0.39, 0.29) is 23.9 Å². The summed E-state index contributed by atoms with van der Waals surface area (Å²) in [6.07, 6.45) is 2.14. The smallest absolute Gasteiger partial charge is 0.313 e. The van der Waals surface area contributed by atoms with E-state index in [2.05, 4.69) is 0 Å². The van der Waals surface area contributed by atoms with Crippen LogP contribution in [0.4, 0.5) is 0 Å². The zero-order chi connectivity index (χ0) is 23.7. The number of aliphatic carboxylic acids is 1. The van der Waals surface area contributed by atoms with E-state index >= 15 is 0 Å². The van der Waals surface area contributed by atoms with Gasteiger partial charge in [-0.05, 0) is 49.7 Å². The molecule has 1 rings (SSSR count). The summed E-state index contributed by atoms with van der Waals surface area (Å²) in [6.45, 7) is 7.04. The van der Waals surface area contributed by atoms with Crippen molar-refractivity contribution in [1.29, 1.82) is 0 Å². The number of carbonyl (C=O) groups is 2. The number of carboxylic acid groups (broad SMARTS) is 1. The van der Waals surface area contributed by atoms with Crippen LogP contribution in [0.5, 0.6) is 0 Å². The highest BCUT2D eigenvalue weighted by Crippen LogP contribution is 2.34. The van der Waals surface area contributed by atoms with Crippen molar-refractivity contribution >= 4 is 21.8 Å². The van der Waals surface area contributed by atoms with Crippen molar-refractivity contribution in [1.82, 2.24) is 0 Å². The summed E-state index contributed by atoms with van der Waals surface area (Å²) >= 11 is 0. The highest BCUT2D eigenvalue weighted by molar-refractivity contribution is 7.91. The molecular formula is C23H36O7S. The lowest BCUT2D eigenvalue weighted by molar-refractivity contribution is -0.144. The summed E-state index contributed by atoms with van der Waals surface area (Å²) in [4.78, 5) is 23.8. The zero-order valence-electron chi connectivity index (χ0n) is 19.0. The minimum absolute atomic E-state index is 0.0479. The van der Waals surface area contributed by atoms with Crippen molar-refractivity contribution in [3.05, 3.63) is 35.4 Å². The molecule has 0 aliphatic rings. The van der Waals surface area contributed by atoms with Crippen LogP contribution in [-0.4, -0.2) is 55.3 Å². The summed E-state index contributed by atoms with van der Waals surface area (Å²) in [5.41, 5.74) is -0.116. The first-order valence-electron chi connectivity index (χ1n) is 10.6. The first-order chi connectivity index (χ1) is 14.3. The number of esters is 1. The second kappa shape index (κ2) is 11.6. The van der Waals surface area contributed by atoms with Gasteiger partial charge in [0.2, 0.25) is 0 Å². The monoisotopic (exact) mass is 456 g/mol. The van der Waals surface area contributed by atoms with Crippen LogP contribution in [0.1, 0.15) is 64.5 Å². The van der Waals surface area contributed by atoms with Gasteiger partial charge in [-0.1, -0.05) is 44.5 Å². The number of ether oxygens (including phenoxy) is 1. The van der Waals surface area contributed by atoms with Gasteiger partial charge in [0.1, 0.15) is 0 Å². The third-order valence-corrected chi connectivity index (χ3v) is 7.53. The van der Waals surface area contributed by atoms with Crippen molar-refractivity contribution in [2.24, 2.45) is 5.41 Å². The fourth-order valence-electron chi connectivity index (χ4n) is 3.72. The second-order valence-corrected chi connectivity index (χ2v) is 11.2. The van der Waals surface area contributed by atoms with Crippen LogP contribution < -0.4 is 0 Å². The molecule has 1 atom stereocenters. The summed E-state index contributed by atoms with van der Waals surface area (Å²) in [5, 5.41) is 18.9. The quantitative estimate of drug-likeness (QED) is 0.413. The van der Waals surface area contributed by atoms with Crippen LogP contribution in [0.2, 0.25) is 0 Å². The summed E-state index contributed by atoms with van der Waals surface area (Å²) in [5.74, 6) is -1.54. The molecule has 7 nitrogen and oxygen atoms in total. The number of aliphatic hydroxyl groups is 1. The fourth-order valence-corrected chi connectivity index (χ4v) is 5.48. The molecule has 2 N–H and O–H groups in total. The molecule has 0 spiro atoms. The molecule has 0 radical (unpaired) electrons. The zero-order valence-corrected chi connectivity index (χ0v) is 19.8. The Labute approximate surface area is 185 Å². The van der Waals surface area contributed by atoms with Crippen molar-refractivity contribution in [2.45, 2.75) is 65.2 Å². The molecule has 0 aliphatic carbocycles. The van der Waals surface area contributed by atoms with Gasteiger partial charge in [-0.2, -0.15) is 0 Å².